The van der Waals surface area contributed by atoms with Crippen molar-refractivity contribution in [3.05, 3.63) is 24.2 Å². The van der Waals surface area contributed by atoms with Gasteiger partial charge in [-0.25, -0.2) is 9.50 Å². The van der Waals surface area contributed by atoms with Gasteiger partial charge in [0.15, 0.2) is 5.82 Å². The average Bonchev–Trinajstić information content (AvgIpc) is 2.60. The number of alkyl halides is 3. The summed E-state index contributed by atoms with van der Waals surface area (Å²) >= 11 is 0. The number of nitrogens with two attached hydrogens (primary N) is 1. The summed E-state index contributed by atoms with van der Waals surface area (Å²) in [7, 11) is 0. The molecule has 0 aliphatic carbocycles. The largest absolute Gasteiger partial charge is 0.401 e. The van der Waals surface area contributed by atoms with Gasteiger partial charge in [-0.15, -0.1) is 0 Å². The molecule has 5 nitrogen and oxygen atoms in total. The van der Waals surface area contributed by atoms with E-state index in [0.29, 0.717) is 16.9 Å². The van der Waals surface area contributed by atoms with Gasteiger partial charge in [0, 0.05) is 12.7 Å². The minimum Gasteiger partial charge on any atom is -0.382 e. The maximum Gasteiger partial charge on any atom is 0.401 e. The first-order chi connectivity index (χ1) is 7.96. The average molecular weight is 245 g/mol. The number of hydrogen-bond donors (Lipinski definition) is 2. The van der Waals surface area contributed by atoms with Crippen LogP contribution in [0, 0.1) is 0 Å². The highest BCUT2D eigenvalue weighted by Crippen LogP contribution is 2.15. The zero-order valence-electron chi connectivity index (χ0n) is 8.70. The molecule has 0 aromatic carbocycles. The van der Waals surface area contributed by atoms with Crippen LogP contribution in [0.5, 0.6) is 0 Å². The summed E-state index contributed by atoms with van der Waals surface area (Å²) in [5, 5.41) is 6.19. The van der Waals surface area contributed by atoms with Crippen LogP contribution < -0.4 is 11.1 Å². The molecule has 2 heterocycles. The zero-order valence-corrected chi connectivity index (χ0v) is 8.70. The molecule has 0 saturated carbocycles. The molecule has 0 aliphatic rings. The lowest BCUT2D eigenvalue weighted by Crippen LogP contribution is -2.28. The second kappa shape index (κ2) is 4.21. The molecule has 0 radical (unpaired) electrons. The molecule has 2 aromatic rings. The van der Waals surface area contributed by atoms with Gasteiger partial charge in [-0.05, 0) is 11.6 Å². The van der Waals surface area contributed by atoms with Gasteiger partial charge < -0.3 is 11.1 Å². The maximum absolute atomic E-state index is 11.9. The van der Waals surface area contributed by atoms with Gasteiger partial charge >= 0.3 is 6.18 Å². The Labute approximate surface area is 94.4 Å². The van der Waals surface area contributed by atoms with Crippen molar-refractivity contribution >= 4 is 11.3 Å². The number of hydrogen-bond acceptors (Lipinski definition) is 4. The summed E-state index contributed by atoms with van der Waals surface area (Å²) < 4.78 is 37.2. The van der Waals surface area contributed by atoms with Crippen molar-refractivity contribution in [3.8, 4) is 0 Å². The Morgan fingerprint density at radius 2 is 2.18 bits per heavy atom. The van der Waals surface area contributed by atoms with Gasteiger partial charge in [-0.1, -0.05) is 0 Å². The van der Waals surface area contributed by atoms with Crippen molar-refractivity contribution in [3.63, 3.8) is 0 Å². The molecule has 0 spiro atoms. The lowest BCUT2D eigenvalue weighted by atomic mass is 10.3. The number of nitrogen functional groups attached to an aromatic ring is 1. The summed E-state index contributed by atoms with van der Waals surface area (Å²) in [5.41, 5.74) is 6.84. The minimum absolute atomic E-state index is 0.0995. The number of anilines is 1. The number of fused-ring (bicyclic) bond motifs is 1. The fraction of sp³-hybridized carbons (Fsp3) is 0.333. The maximum atomic E-state index is 11.9. The molecular weight excluding hydrogens is 235 g/mol. The highest BCUT2D eigenvalue weighted by Gasteiger charge is 2.26. The summed E-state index contributed by atoms with van der Waals surface area (Å²) in [5.74, 6) is 0.294. The van der Waals surface area contributed by atoms with Crippen molar-refractivity contribution in [2.75, 3.05) is 12.3 Å². The quantitative estimate of drug-likeness (QED) is 0.845. The van der Waals surface area contributed by atoms with E-state index in [2.05, 4.69) is 15.4 Å². The topological polar surface area (TPSA) is 68.2 Å². The summed E-state index contributed by atoms with van der Waals surface area (Å²) in [6.45, 7) is -0.928. The van der Waals surface area contributed by atoms with E-state index in [-0.39, 0.29) is 6.54 Å². The second-order valence-electron chi connectivity index (χ2n) is 3.54. The molecule has 0 aliphatic heterocycles. The predicted octanol–water partition coefficient (Wildman–Crippen LogP) is 0.963. The van der Waals surface area contributed by atoms with Gasteiger partial charge in [0.2, 0.25) is 0 Å². The zero-order chi connectivity index (χ0) is 12.5. The van der Waals surface area contributed by atoms with E-state index < -0.39 is 12.7 Å². The monoisotopic (exact) mass is 245 g/mol. The van der Waals surface area contributed by atoms with Gasteiger partial charge in [0.05, 0.1) is 6.54 Å². The normalized spacial score (nSPS) is 12.2. The van der Waals surface area contributed by atoms with Crippen molar-refractivity contribution in [2.24, 2.45) is 0 Å². The van der Waals surface area contributed by atoms with Gasteiger partial charge in [0.25, 0.3) is 0 Å². The molecule has 0 fully saturated rings. The summed E-state index contributed by atoms with van der Waals surface area (Å²) in [4.78, 5) is 3.79. The van der Waals surface area contributed by atoms with Crippen molar-refractivity contribution in [2.45, 2.75) is 12.7 Å². The van der Waals surface area contributed by atoms with Gasteiger partial charge in [-0.2, -0.15) is 18.3 Å². The fourth-order valence-electron chi connectivity index (χ4n) is 1.45. The first kappa shape index (κ1) is 11.6. The number of halogens is 3. The van der Waals surface area contributed by atoms with Crippen LogP contribution in [0.3, 0.4) is 0 Å². The predicted molar refractivity (Wildman–Crippen MR) is 55.2 cm³/mol. The van der Waals surface area contributed by atoms with E-state index in [1.165, 1.54) is 10.8 Å². The third-order valence-electron chi connectivity index (χ3n) is 2.15. The van der Waals surface area contributed by atoms with Crippen LogP contribution in [0.1, 0.15) is 5.56 Å². The Balaban J connectivity index is 2.07. The minimum atomic E-state index is -4.21. The number of nitrogens with zero attached hydrogens (tertiary/aromatic N) is 3. The molecule has 92 valence electrons. The van der Waals surface area contributed by atoms with Gasteiger partial charge in [-0.3, -0.25) is 0 Å². The van der Waals surface area contributed by atoms with E-state index in [1.807, 2.05) is 0 Å². The lowest BCUT2D eigenvalue weighted by molar-refractivity contribution is -0.125. The molecule has 2 aromatic heterocycles. The summed E-state index contributed by atoms with van der Waals surface area (Å²) in [6.07, 6.45) is -1.32. The van der Waals surface area contributed by atoms with Crippen LogP contribution in [0.25, 0.3) is 5.52 Å². The SMILES string of the molecule is Nc1ncnn2cc(CNCC(F)(F)F)cc12. The van der Waals surface area contributed by atoms with E-state index in [4.69, 9.17) is 5.73 Å². The van der Waals surface area contributed by atoms with Crippen LogP contribution >= 0.6 is 0 Å². The molecule has 17 heavy (non-hydrogen) atoms. The Bertz CT molecular complexity index is 519. The van der Waals surface area contributed by atoms with Crippen LogP contribution in [-0.4, -0.2) is 27.3 Å². The molecule has 0 atom stereocenters. The Morgan fingerprint density at radius 1 is 1.41 bits per heavy atom. The highest BCUT2D eigenvalue weighted by atomic mass is 19.4. The summed E-state index contributed by atoms with van der Waals surface area (Å²) in [6, 6.07) is 1.65. The van der Waals surface area contributed by atoms with Gasteiger partial charge in [0.1, 0.15) is 11.8 Å². The van der Waals surface area contributed by atoms with E-state index in [9.17, 15) is 13.2 Å². The Kier molecular flexibility index (Phi) is 2.88. The number of aromatic nitrogens is 3. The Hall–Kier alpha value is -1.83. The number of nitrogens with one attached hydrogen (secondary N) is 1. The molecule has 2 rings (SSSR count). The van der Waals surface area contributed by atoms with Crippen LogP contribution in [0.2, 0.25) is 0 Å². The van der Waals surface area contributed by atoms with Crippen LogP contribution in [0.4, 0.5) is 19.0 Å². The molecule has 8 heteroatoms. The standard InChI is InChI=1S/C9H10F3N5/c10-9(11,12)4-14-2-6-1-7-8(13)15-5-16-17(7)3-6/h1,3,5,14H,2,4H2,(H2,13,15,16). The lowest BCUT2D eigenvalue weighted by Gasteiger charge is -2.06. The smallest absolute Gasteiger partial charge is 0.382 e. The fourth-order valence-corrected chi connectivity index (χ4v) is 1.45. The van der Waals surface area contributed by atoms with E-state index in [1.54, 1.807) is 12.3 Å². The first-order valence-electron chi connectivity index (χ1n) is 4.81. The molecule has 0 bridgehead atoms. The number of rotatable bonds is 3. The van der Waals surface area contributed by atoms with Crippen LogP contribution in [0.15, 0.2) is 18.6 Å². The molecular formula is C9H10F3N5. The van der Waals surface area contributed by atoms with Crippen molar-refractivity contribution < 1.29 is 13.2 Å². The van der Waals surface area contributed by atoms with Crippen LogP contribution in [-0.2, 0) is 6.54 Å². The Morgan fingerprint density at radius 3 is 2.82 bits per heavy atom. The molecule has 0 saturated heterocycles. The molecule has 3 N–H and O–H groups in total. The van der Waals surface area contributed by atoms with Crippen molar-refractivity contribution in [1.82, 2.24) is 19.9 Å². The molecule has 0 unspecified atom stereocenters. The highest BCUT2D eigenvalue weighted by molar-refractivity contribution is 5.65. The van der Waals surface area contributed by atoms with E-state index in [0.717, 1.165) is 0 Å². The third kappa shape index (κ3) is 2.84. The first-order valence-corrected chi connectivity index (χ1v) is 4.81. The second-order valence-corrected chi connectivity index (χ2v) is 3.54. The van der Waals surface area contributed by atoms with Crippen molar-refractivity contribution in [1.29, 1.82) is 0 Å². The van der Waals surface area contributed by atoms with E-state index >= 15 is 0 Å². The molecule has 0 amide bonds. The third-order valence-corrected chi connectivity index (χ3v) is 2.15.